The molecule has 0 spiro atoms. The third kappa shape index (κ3) is 5.96. The fourth-order valence-corrected chi connectivity index (χ4v) is 3.95. The molecule has 0 aliphatic carbocycles. The van der Waals surface area contributed by atoms with Crippen molar-refractivity contribution in [3.63, 3.8) is 0 Å². The third-order valence-electron chi connectivity index (χ3n) is 5.25. The van der Waals surface area contributed by atoms with Crippen molar-refractivity contribution in [2.24, 2.45) is 0 Å². The van der Waals surface area contributed by atoms with Crippen molar-refractivity contribution in [1.29, 1.82) is 0 Å². The molecule has 0 amide bonds. The number of imidazole rings is 1. The summed E-state index contributed by atoms with van der Waals surface area (Å²) >= 11 is 12.6. The number of nitrogens with one attached hydrogen (secondary N) is 2. The van der Waals surface area contributed by atoms with Crippen LogP contribution in [0.2, 0.25) is 10.0 Å². The van der Waals surface area contributed by atoms with E-state index in [4.69, 9.17) is 32.7 Å². The van der Waals surface area contributed by atoms with Gasteiger partial charge in [-0.15, -0.1) is 0 Å². The number of nitrogens with zero attached hydrogens (tertiary/aromatic N) is 1. The molecule has 0 saturated carbocycles. The second-order valence-electron chi connectivity index (χ2n) is 7.60. The van der Waals surface area contributed by atoms with Crippen LogP contribution in [-0.2, 0) is 19.6 Å². The van der Waals surface area contributed by atoms with Crippen LogP contribution in [0.15, 0.2) is 54.6 Å². The number of hydrogen-bond acceptors (Lipinski definition) is 4. The Labute approximate surface area is 201 Å². The van der Waals surface area contributed by atoms with E-state index in [0.29, 0.717) is 33.7 Å². The van der Waals surface area contributed by atoms with Gasteiger partial charge in [0.2, 0.25) is 0 Å². The van der Waals surface area contributed by atoms with Crippen molar-refractivity contribution in [2.75, 3.05) is 13.7 Å². The smallest absolute Gasteiger partial charge is 0.163 e. The molecule has 33 heavy (non-hydrogen) atoms. The monoisotopic (exact) mass is 487 g/mol. The van der Waals surface area contributed by atoms with Gasteiger partial charge >= 0.3 is 0 Å². The summed E-state index contributed by atoms with van der Waals surface area (Å²) in [6.07, 6.45) is 1.80. The van der Waals surface area contributed by atoms with Crippen molar-refractivity contribution < 1.29 is 13.9 Å². The average Bonchev–Trinajstić information content (AvgIpc) is 3.22. The number of halogens is 3. The van der Waals surface area contributed by atoms with Crippen LogP contribution in [0, 0.1) is 5.82 Å². The normalized spacial score (nSPS) is 11.2. The predicted molar refractivity (Wildman–Crippen MR) is 130 cm³/mol. The molecule has 2 N–H and O–H groups in total. The Morgan fingerprint density at radius 2 is 1.82 bits per heavy atom. The summed E-state index contributed by atoms with van der Waals surface area (Å²) in [4.78, 5) is 7.95. The minimum Gasteiger partial charge on any atom is -0.493 e. The molecule has 1 heterocycles. The Hall–Kier alpha value is -2.80. The summed E-state index contributed by atoms with van der Waals surface area (Å²) in [7, 11) is 1.57. The van der Waals surface area contributed by atoms with E-state index in [1.165, 1.54) is 12.1 Å². The van der Waals surface area contributed by atoms with E-state index in [1.807, 2.05) is 30.3 Å². The summed E-state index contributed by atoms with van der Waals surface area (Å²) in [6.45, 7) is 1.58. The van der Waals surface area contributed by atoms with Crippen molar-refractivity contribution in [1.82, 2.24) is 15.3 Å². The zero-order chi connectivity index (χ0) is 23.2. The van der Waals surface area contributed by atoms with Gasteiger partial charge in [0.05, 0.1) is 23.2 Å². The Morgan fingerprint density at radius 1 is 1.00 bits per heavy atom. The van der Waals surface area contributed by atoms with Crippen molar-refractivity contribution in [3.05, 3.63) is 87.4 Å². The van der Waals surface area contributed by atoms with Crippen molar-refractivity contribution in [3.8, 4) is 11.5 Å². The van der Waals surface area contributed by atoms with Gasteiger partial charge in [-0.2, -0.15) is 0 Å². The molecule has 0 aliphatic heterocycles. The van der Waals surface area contributed by atoms with Gasteiger partial charge in [0.1, 0.15) is 18.2 Å². The quantitative estimate of drug-likeness (QED) is 0.257. The molecule has 4 rings (SSSR count). The predicted octanol–water partition coefficient (Wildman–Crippen LogP) is 6.32. The van der Waals surface area contributed by atoms with Crippen LogP contribution in [0.25, 0.3) is 11.0 Å². The van der Waals surface area contributed by atoms with Gasteiger partial charge in [-0.25, -0.2) is 9.37 Å². The van der Waals surface area contributed by atoms with E-state index in [0.717, 1.165) is 41.8 Å². The standard InChI is InChI=1S/C25H24Cl2FN3O2/c1-32-23-11-17(14-29-10-4-7-25-30-21-5-2-3-6-22(21)31-25)20(27)13-24(23)33-15-16-8-9-18(28)12-19(16)26/h2-3,5-6,8-9,11-13,29H,4,7,10,14-15H2,1H3,(H,30,31). The molecule has 0 bridgehead atoms. The Bertz CT molecular complexity index is 1210. The van der Waals surface area contributed by atoms with Crippen LogP contribution >= 0.6 is 23.2 Å². The fraction of sp³-hybridized carbons (Fsp3) is 0.240. The molecule has 1 aromatic heterocycles. The lowest BCUT2D eigenvalue weighted by molar-refractivity contribution is 0.284. The number of ether oxygens (including phenoxy) is 2. The lowest BCUT2D eigenvalue weighted by atomic mass is 10.2. The SMILES string of the molecule is COc1cc(CNCCCc2nc3ccccc3[nH]2)c(Cl)cc1OCc1ccc(F)cc1Cl. The topological polar surface area (TPSA) is 59.2 Å². The summed E-state index contributed by atoms with van der Waals surface area (Å²) in [5.74, 6) is 1.66. The second kappa shape index (κ2) is 10.9. The van der Waals surface area contributed by atoms with Crippen molar-refractivity contribution >= 4 is 34.2 Å². The summed E-state index contributed by atoms with van der Waals surface area (Å²) in [5, 5.41) is 4.29. The van der Waals surface area contributed by atoms with E-state index in [-0.39, 0.29) is 12.4 Å². The highest BCUT2D eigenvalue weighted by Gasteiger charge is 2.12. The van der Waals surface area contributed by atoms with Gasteiger partial charge in [0, 0.05) is 29.6 Å². The second-order valence-corrected chi connectivity index (χ2v) is 8.41. The number of H-pyrrole nitrogens is 1. The minimum absolute atomic E-state index is 0.172. The number of rotatable bonds is 10. The van der Waals surface area contributed by atoms with E-state index in [2.05, 4.69) is 15.3 Å². The maximum Gasteiger partial charge on any atom is 0.163 e. The summed E-state index contributed by atoms with van der Waals surface area (Å²) < 4.78 is 24.6. The van der Waals surface area contributed by atoms with Gasteiger partial charge in [-0.05, 0) is 48.9 Å². The number of aromatic nitrogens is 2. The molecule has 3 aromatic carbocycles. The number of methoxy groups -OCH3 is 1. The van der Waals surface area contributed by atoms with Crippen LogP contribution in [0.4, 0.5) is 4.39 Å². The molecular formula is C25H24Cl2FN3O2. The fourth-order valence-electron chi connectivity index (χ4n) is 3.51. The van der Waals surface area contributed by atoms with Gasteiger partial charge in [0.15, 0.2) is 11.5 Å². The lowest BCUT2D eigenvalue weighted by Crippen LogP contribution is -2.16. The highest BCUT2D eigenvalue weighted by atomic mass is 35.5. The van der Waals surface area contributed by atoms with Gasteiger partial charge in [-0.3, -0.25) is 0 Å². The molecule has 0 radical (unpaired) electrons. The molecule has 0 saturated heterocycles. The molecule has 0 fully saturated rings. The maximum atomic E-state index is 13.2. The molecule has 0 aliphatic rings. The first-order chi connectivity index (χ1) is 16.0. The molecule has 5 nitrogen and oxygen atoms in total. The molecule has 0 unspecified atom stereocenters. The van der Waals surface area contributed by atoms with Gasteiger partial charge < -0.3 is 19.8 Å². The van der Waals surface area contributed by atoms with Crippen LogP contribution in [-0.4, -0.2) is 23.6 Å². The molecule has 8 heteroatoms. The van der Waals surface area contributed by atoms with E-state index >= 15 is 0 Å². The largest absolute Gasteiger partial charge is 0.493 e. The summed E-state index contributed by atoms with van der Waals surface area (Å²) in [5.41, 5.74) is 3.63. The molecule has 172 valence electrons. The van der Waals surface area contributed by atoms with Crippen LogP contribution in [0.1, 0.15) is 23.4 Å². The molecule has 0 atom stereocenters. The average molecular weight is 488 g/mol. The van der Waals surface area contributed by atoms with Crippen LogP contribution in [0.3, 0.4) is 0 Å². The first kappa shape index (κ1) is 23.4. The van der Waals surface area contributed by atoms with E-state index in [9.17, 15) is 4.39 Å². The van der Waals surface area contributed by atoms with Gasteiger partial charge in [0.25, 0.3) is 0 Å². The van der Waals surface area contributed by atoms with E-state index < -0.39 is 0 Å². The molecular weight excluding hydrogens is 464 g/mol. The number of aromatic amines is 1. The number of benzene rings is 3. The van der Waals surface area contributed by atoms with Crippen molar-refractivity contribution in [2.45, 2.75) is 26.0 Å². The van der Waals surface area contributed by atoms with Crippen LogP contribution in [0.5, 0.6) is 11.5 Å². The minimum atomic E-state index is -0.390. The van der Waals surface area contributed by atoms with Crippen LogP contribution < -0.4 is 14.8 Å². The first-order valence-corrected chi connectivity index (χ1v) is 11.4. The number of para-hydroxylation sites is 2. The number of aryl methyl sites for hydroxylation is 1. The summed E-state index contributed by atoms with van der Waals surface area (Å²) in [6, 6.07) is 15.8. The zero-order valence-electron chi connectivity index (χ0n) is 18.1. The zero-order valence-corrected chi connectivity index (χ0v) is 19.6. The Balaban J connectivity index is 1.30. The Morgan fingerprint density at radius 3 is 2.61 bits per heavy atom. The highest BCUT2D eigenvalue weighted by Crippen LogP contribution is 2.34. The van der Waals surface area contributed by atoms with E-state index in [1.54, 1.807) is 19.2 Å². The molecule has 4 aromatic rings. The maximum absolute atomic E-state index is 13.2. The lowest BCUT2D eigenvalue weighted by Gasteiger charge is -2.15. The van der Waals surface area contributed by atoms with Gasteiger partial charge in [-0.1, -0.05) is 41.4 Å². The number of hydrogen-bond donors (Lipinski definition) is 2. The third-order valence-corrected chi connectivity index (χ3v) is 5.96. The number of fused-ring (bicyclic) bond motifs is 1. The first-order valence-electron chi connectivity index (χ1n) is 10.6. The highest BCUT2D eigenvalue weighted by molar-refractivity contribution is 6.31. The Kier molecular flexibility index (Phi) is 7.70.